The highest BCUT2D eigenvalue weighted by molar-refractivity contribution is 5.20. The summed E-state index contributed by atoms with van der Waals surface area (Å²) in [5.74, 6) is -0.304. The van der Waals surface area contributed by atoms with Gasteiger partial charge in [0, 0.05) is 6.42 Å². The Hall–Kier alpha value is -0.340. The van der Waals surface area contributed by atoms with Crippen LogP contribution in [0.25, 0.3) is 0 Å². The van der Waals surface area contributed by atoms with Gasteiger partial charge in [-0.1, -0.05) is 6.08 Å². The van der Waals surface area contributed by atoms with Gasteiger partial charge in [-0.05, 0) is 32.8 Å². The van der Waals surface area contributed by atoms with Crippen LogP contribution in [0.2, 0.25) is 0 Å². The van der Waals surface area contributed by atoms with Gasteiger partial charge in [0.1, 0.15) is 5.60 Å². The van der Waals surface area contributed by atoms with Crippen LogP contribution >= 0.6 is 0 Å². The Bertz CT molecular complexity index is 234. The zero-order chi connectivity index (χ0) is 8.82. The highest BCUT2D eigenvalue weighted by Gasteiger charge is 2.50. The molecule has 12 heavy (non-hydrogen) atoms. The molecular weight excluding hydrogens is 152 g/mol. The standard InChI is InChI=1S/C10H16O2/c1-4-8-5-6-10(3)11-7-9(8,2)12-10/h4H,5-7H2,1-3H3/b8-4-/t9-,10+/m1/s1. The van der Waals surface area contributed by atoms with Crippen LogP contribution in [0.4, 0.5) is 0 Å². The topological polar surface area (TPSA) is 18.5 Å². The van der Waals surface area contributed by atoms with Gasteiger partial charge in [0.15, 0.2) is 5.79 Å². The smallest absolute Gasteiger partial charge is 0.167 e. The molecule has 2 saturated heterocycles. The molecular formula is C10H16O2. The fraction of sp³-hybridized carbons (Fsp3) is 0.800. The fourth-order valence-corrected chi connectivity index (χ4v) is 2.18. The molecule has 2 rings (SSSR count). The van der Waals surface area contributed by atoms with Crippen molar-refractivity contribution >= 4 is 0 Å². The summed E-state index contributed by atoms with van der Waals surface area (Å²) in [4.78, 5) is 0. The number of hydrogen-bond donors (Lipinski definition) is 0. The molecule has 0 amide bonds. The minimum atomic E-state index is -0.304. The van der Waals surface area contributed by atoms with Crippen LogP contribution in [0.5, 0.6) is 0 Å². The minimum Gasteiger partial charge on any atom is -0.347 e. The second-order valence-corrected chi connectivity index (χ2v) is 4.07. The summed E-state index contributed by atoms with van der Waals surface area (Å²) in [6.45, 7) is 6.94. The number of fused-ring (bicyclic) bond motifs is 2. The van der Waals surface area contributed by atoms with Gasteiger partial charge in [-0.3, -0.25) is 0 Å². The molecule has 0 unspecified atom stereocenters. The Morgan fingerprint density at radius 1 is 1.42 bits per heavy atom. The molecule has 2 fully saturated rings. The van der Waals surface area contributed by atoms with Crippen molar-refractivity contribution in [1.29, 1.82) is 0 Å². The van der Waals surface area contributed by atoms with Crippen LogP contribution in [-0.4, -0.2) is 18.0 Å². The van der Waals surface area contributed by atoms with E-state index >= 15 is 0 Å². The Labute approximate surface area is 73.5 Å². The molecule has 0 aromatic heterocycles. The van der Waals surface area contributed by atoms with E-state index in [4.69, 9.17) is 9.47 Å². The Morgan fingerprint density at radius 2 is 2.17 bits per heavy atom. The zero-order valence-corrected chi connectivity index (χ0v) is 8.02. The van der Waals surface area contributed by atoms with Gasteiger partial charge in [0.05, 0.1) is 6.61 Å². The first kappa shape index (κ1) is 8.27. The monoisotopic (exact) mass is 168 g/mol. The molecule has 2 heteroatoms. The molecule has 0 aromatic carbocycles. The van der Waals surface area contributed by atoms with Crippen LogP contribution < -0.4 is 0 Å². The highest BCUT2D eigenvalue weighted by atomic mass is 16.8. The van der Waals surface area contributed by atoms with E-state index in [-0.39, 0.29) is 11.4 Å². The second kappa shape index (κ2) is 2.33. The first-order valence-corrected chi connectivity index (χ1v) is 4.58. The van der Waals surface area contributed by atoms with E-state index in [1.807, 2.05) is 6.92 Å². The number of allylic oxidation sites excluding steroid dienone is 1. The first-order valence-electron chi connectivity index (χ1n) is 4.58. The third-order valence-corrected chi connectivity index (χ3v) is 2.97. The van der Waals surface area contributed by atoms with Crippen molar-refractivity contribution in [1.82, 2.24) is 0 Å². The molecule has 0 saturated carbocycles. The van der Waals surface area contributed by atoms with Gasteiger partial charge in [-0.25, -0.2) is 0 Å². The Morgan fingerprint density at radius 3 is 2.83 bits per heavy atom. The maximum absolute atomic E-state index is 5.89. The lowest BCUT2D eigenvalue weighted by atomic mass is 9.89. The molecule has 2 atom stereocenters. The van der Waals surface area contributed by atoms with Crippen molar-refractivity contribution in [2.45, 2.75) is 45.0 Å². The van der Waals surface area contributed by atoms with Crippen molar-refractivity contribution in [3.8, 4) is 0 Å². The van der Waals surface area contributed by atoms with E-state index in [0.717, 1.165) is 12.8 Å². The summed E-state index contributed by atoms with van der Waals surface area (Å²) in [6, 6.07) is 0. The van der Waals surface area contributed by atoms with Crippen LogP contribution in [0.15, 0.2) is 11.6 Å². The highest BCUT2D eigenvalue weighted by Crippen LogP contribution is 2.45. The summed E-state index contributed by atoms with van der Waals surface area (Å²) in [7, 11) is 0. The maximum Gasteiger partial charge on any atom is 0.167 e. The predicted octanol–water partition coefficient (Wildman–Crippen LogP) is 2.25. The Balaban J connectivity index is 2.30. The lowest BCUT2D eigenvalue weighted by Crippen LogP contribution is -2.39. The van der Waals surface area contributed by atoms with E-state index in [9.17, 15) is 0 Å². The SMILES string of the molecule is C/C=C1/CC[C@@]2(C)OC[C@@]1(C)O2. The fourth-order valence-electron chi connectivity index (χ4n) is 2.18. The van der Waals surface area contributed by atoms with Crippen molar-refractivity contribution in [2.75, 3.05) is 6.61 Å². The molecule has 2 heterocycles. The summed E-state index contributed by atoms with van der Waals surface area (Å²) in [5.41, 5.74) is 1.25. The largest absolute Gasteiger partial charge is 0.347 e. The van der Waals surface area contributed by atoms with Gasteiger partial charge in [-0.2, -0.15) is 0 Å². The molecule has 68 valence electrons. The zero-order valence-electron chi connectivity index (χ0n) is 8.02. The quantitative estimate of drug-likeness (QED) is 0.516. The summed E-state index contributed by atoms with van der Waals surface area (Å²) < 4.78 is 11.5. The second-order valence-electron chi connectivity index (χ2n) is 4.07. The number of rotatable bonds is 0. The predicted molar refractivity (Wildman–Crippen MR) is 46.8 cm³/mol. The summed E-state index contributed by atoms with van der Waals surface area (Å²) >= 11 is 0. The lowest BCUT2D eigenvalue weighted by Gasteiger charge is -2.35. The normalized spacial score (nSPS) is 50.1. The molecule has 0 radical (unpaired) electrons. The van der Waals surface area contributed by atoms with E-state index in [1.54, 1.807) is 0 Å². The Kier molecular flexibility index (Phi) is 1.61. The van der Waals surface area contributed by atoms with Crippen molar-refractivity contribution in [3.05, 3.63) is 11.6 Å². The average molecular weight is 168 g/mol. The van der Waals surface area contributed by atoms with Gasteiger partial charge >= 0.3 is 0 Å². The maximum atomic E-state index is 5.89. The van der Waals surface area contributed by atoms with Gasteiger partial charge in [0.2, 0.25) is 0 Å². The minimum absolute atomic E-state index is 0.137. The summed E-state index contributed by atoms with van der Waals surface area (Å²) in [5, 5.41) is 0. The molecule has 2 aliphatic heterocycles. The van der Waals surface area contributed by atoms with Gasteiger partial charge in [0.25, 0.3) is 0 Å². The summed E-state index contributed by atoms with van der Waals surface area (Å²) in [6.07, 6.45) is 4.26. The van der Waals surface area contributed by atoms with E-state index < -0.39 is 0 Å². The van der Waals surface area contributed by atoms with Crippen molar-refractivity contribution < 1.29 is 9.47 Å². The van der Waals surface area contributed by atoms with E-state index in [2.05, 4.69) is 19.9 Å². The molecule has 0 aliphatic carbocycles. The average Bonchev–Trinajstić information content (AvgIpc) is 2.24. The van der Waals surface area contributed by atoms with E-state index in [0.29, 0.717) is 6.61 Å². The molecule has 2 bridgehead atoms. The number of ether oxygens (including phenoxy) is 2. The molecule has 0 spiro atoms. The molecule has 2 aliphatic rings. The first-order chi connectivity index (χ1) is 5.58. The van der Waals surface area contributed by atoms with Crippen LogP contribution in [0.1, 0.15) is 33.6 Å². The third-order valence-electron chi connectivity index (χ3n) is 2.97. The van der Waals surface area contributed by atoms with E-state index in [1.165, 1.54) is 5.57 Å². The lowest BCUT2D eigenvalue weighted by molar-refractivity contribution is -0.181. The van der Waals surface area contributed by atoms with Crippen molar-refractivity contribution in [2.24, 2.45) is 0 Å². The van der Waals surface area contributed by atoms with Crippen LogP contribution in [-0.2, 0) is 9.47 Å². The third kappa shape index (κ3) is 1.02. The molecule has 0 aromatic rings. The molecule has 0 N–H and O–H groups in total. The van der Waals surface area contributed by atoms with Gasteiger partial charge < -0.3 is 9.47 Å². The van der Waals surface area contributed by atoms with Crippen LogP contribution in [0, 0.1) is 0 Å². The van der Waals surface area contributed by atoms with Crippen LogP contribution in [0.3, 0.4) is 0 Å². The molecule has 2 nitrogen and oxygen atoms in total. The van der Waals surface area contributed by atoms with Crippen molar-refractivity contribution in [3.63, 3.8) is 0 Å². The number of hydrogen-bond acceptors (Lipinski definition) is 2. The van der Waals surface area contributed by atoms with Gasteiger partial charge in [-0.15, -0.1) is 0 Å².